The third-order valence-corrected chi connectivity index (χ3v) is 1.95. The van der Waals surface area contributed by atoms with Crippen molar-refractivity contribution < 1.29 is 9.52 Å². The second-order valence-corrected chi connectivity index (χ2v) is 3.12. The summed E-state index contributed by atoms with van der Waals surface area (Å²) in [7, 11) is 0. The molecule has 0 aliphatic carbocycles. The zero-order valence-electron chi connectivity index (χ0n) is 7.81. The van der Waals surface area contributed by atoms with Gasteiger partial charge in [-0.15, -0.1) is 0 Å². The van der Waals surface area contributed by atoms with Crippen LogP contribution in [0.4, 0.5) is 5.69 Å². The summed E-state index contributed by atoms with van der Waals surface area (Å²) in [5.74, 6) is 0.207. The topological polar surface area (TPSA) is 76.5 Å². The van der Waals surface area contributed by atoms with Crippen molar-refractivity contribution in [3.05, 3.63) is 46.8 Å². The van der Waals surface area contributed by atoms with E-state index in [1.54, 1.807) is 24.3 Å². The Labute approximate surface area is 85.6 Å². The fourth-order valence-corrected chi connectivity index (χ4v) is 1.25. The van der Waals surface area contributed by atoms with Crippen molar-refractivity contribution in [2.24, 2.45) is 0 Å². The Kier molecular flexibility index (Phi) is 2.17. The minimum absolute atomic E-state index is 0.113. The minimum atomic E-state index is -0.582. The van der Waals surface area contributed by atoms with Crippen molar-refractivity contribution in [3.8, 4) is 17.1 Å². The van der Waals surface area contributed by atoms with Gasteiger partial charge < -0.3 is 15.3 Å². The van der Waals surface area contributed by atoms with Crippen molar-refractivity contribution in [2.75, 3.05) is 5.73 Å². The van der Waals surface area contributed by atoms with Crippen LogP contribution in [0.3, 0.4) is 0 Å². The molecule has 0 spiro atoms. The van der Waals surface area contributed by atoms with Gasteiger partial charge in [-0.05, 0) is 24.3 Å². The highest BCUT2D eigenvalue weighted by Gasteiger charge is 2.03. The van der Waals surface area contributed by atoms with E-state index >= 15 is 0 Å². The number of rotatable bonds is 1. The van der Waals surface area contributed by atoms with E-state index in [1.807, 2.05) is 0 Å². The summed E-state index contributed by atoms with van der Waals surface area (Å²) in [6.07, 6.45) is 0. The third-order valence-electron chi connectivity index (χ3n) is 1.95. The number of hydrogen-bond acceptors (Lipinski definition) is 4. The Morgan fingerprint density at radius 3 is 2.40 bits per heavy atom. The summed E-state index contributed by atoms with van der Waals surface area (Å²) in [4.78, 5) is 11.0. The van der Waals surface area contributed by atoms with Crippen LogP contribution in [0, 0.1) is 0 Å². The van der Waals surface area contributed by atoms with Crippen LogP contribution in [-0.4, -0.2) is 5.11 Å². The molecule has 0 amide bonds. The number of hydrogen-bond donors (Lipinski definition) is 2. The first kappa shape index (κ1) is 9.33. The standard InChI is InChI=1S/C11H9NO3/c12-8-3-1-7(2-4-8)10-5-9(13)6-11(14)15-10/h1-6,13H,12H2. The fraction of sp³-hybridized carbons (Fsp3) is 0. The number of anilines is 1. The van der Waals surface area contributed by atoms with Gasteiger partial charge in [-0.2, -0.15) is 0 Å². The molecule has 0 fully saturated rings. The van der Waals surface area contributed by atoms with Crippen LogP contribution < -0.4 is 11.4 Å². The van der Waals surface area contributed by atoms with Crippen molar-refractivity contribution in [3.63, 3.8) is 0 Å². The first-order valence-corrected chi connectivity index (χ1v) is 4.35. The van der Waals surface area contributed by atoms with Crippen LogP contribution in [0.25, 0.3) is 11.3 Å². The van der Waals surface area contributed by atoms with Gasteiger partial charge in [0.1, 0.15) is 11.5 Å². The summed E-state index contributed by atoms with van der Waals surface area (Å²) in [5.41, 5.74) is 6.26. The number of benzene rings is 1. The Balaban J connectivity index is 2.54. The summed E-state index contributed by atoms with van der Waals surface area (Å²) >= 11 is 0. The maximum Gasteiger partial charge on any atom is 0.339 e. The van der Waals surface area contributed by atoms with Crippen LogP contribution in [-0.2, 0) is 0 Å². The molecule has 0 atom stereocenters. The maximum atomic E-state index is 11.0. The molecule has 0 unspecified atom stereocenters. The lowest BCUT2D eigenvalue weighted by atomic mass is 10.1. The van der Waals surface area contributed by atoms with Crippen LogP contribution in [0.15, 0.2) is 45.6 Å². The Morgan fingerprint density at radius 1 is 1.13 bits per heavy atom. The largest absolute Gasteiger partial charge is 0.508 e. The molecule has 2 aromatic rings. The molecule has 0 bridgehead atoms. The lowest BCUT2D eigenvalue weighted by Crippen LogP contribution is -1.96. The lowest BCUT2D eigenvalue weighted by molar-refractivity contribution is 0.453. The molecule has 0 aliphatic heterocycles. The van der Waals surface area contributed by atoms with Crippen molar-refractivity contribution >= 4 is 5.69 Å². The van der Waals surface area contributed by atoms with Gasteiger partial charge in [0.05, 0.1) is 6.07 Å². The number of aromatic hydroxyl groups is 1. The lowest BCUT2D eigenvalue weighted by Gasteiger charge is -2.00. The molecule has 4 heteroatoms. The molecule has 4 nitrogen and oxygen atoms in total. The maximum absolute atomic E-state index is 11.0. The van der Waals surface area contributed by atoms with E-state index in [1.165, 1.54) is 6.07 Å². The van der Waals surface area contributed by atoms with Gasteiger partial charge in [0.25, 0.3) is 0 Å². The van der Waals surface area contributed by atoms with Gasteiger partial charge in [0.15, 0.2) is 0 Å². The van der Waals surface area contributed by atoms with E-state index in [4.69, 9.17) is 10.2 Å². The van der Waals surface area contributed by atoms with E-state index in [0.717, 1.165) is 6.07 Å². The van der Waals surface area contributed by atoms with E-state index in [9.17, 15) is 9.90 Å². The zero-order chi connectivity index (χ0) is 10.8. The van der Waals surface area contributed by atoms with Gasteiger partial charge in [0, 0.05) is 17.3 Å². The molecule has 2 rings (SSSR count). The number of nitrogens with two attached hydrogens (primary N) is 1. The average Bonchev–Trinajstić information content (AvgIpc) is 2.17. The van der Waals surface area contributed by atoms with Crippen LogP contribution in [0.1, 0.15) is 0 Å². The zero-order valence-corrected chi connectivity index (χ0v) is 7.81. The van der Waals surface area contributed by atoms with E-state index < -0.39 is 5.63 Å². The summed E-state index contributed by atoms with van der Waals surface area (Å²) < 4.78 is 4.93. The monoisotopic (exact) mass is 203 g/mol. The van der Waals surface area contributed by atoms with E-state index in [0.29, 0.717) is 17.0 Å². The Hall–Kier alpha value is -2.23. The third kappa shape index (κ3) is 1.99. The first-order chi connectivity index (χ1) is 7.15. The Bertz CT molecular complexity index is 528. The van der Waals surface area contributed by atoms with Crippen molar-refractivity contribution in [2.45, 2.75) is 0 Å². The molecule has 76 valence electrons. The molecule has 1 heterocycles. The van der Waals surface area contributed by atoms with Crippen molar-refractivity contribution in [1.29, 1.82) is 0 Å². The first-order valence-electron chi connectivity index (χ1n) is 4.35. The molecule has 0 aliphatic rings. The second kappa shape index (κ2) is 3.49. The molecule has 0 saturated heterocycles. The second-order valence-electron chi connectivity index (χ2n) is 3.12. The summed E-state index contributed by atoms with van der Waals surface area (Å²) in [5, 5.41) is 9.23. The van der Waals surface area contributed by atoms with Crippen LogP contribution in [0.5, 0.6) is 5.75 Å². The van der Waals surface area contributed by atoms with Gasteiger partial charge in [-0.25, -0.2) is 4.79 Å². The van der Waals surface area contributed by atoms with Crippen LogP contribution in [0.2, 0.25) is 0 Å². The average molecular weight is 203 g/mol. The highest BCUT2D eigenvalue weighted by molar-refractivity contribution is 5.61. The van der Waals surface area contributed by atoms with Gasteiger partial charge in [-0.3, -0.25) is 0 Å². The minimum Gasteiger partial charge on any atom is -0.508 e. The van der Waals surface area contributed by atoms with E-state index in [-0.39, 0.29) is 5.75 Å². The molecule has 1 aromatic heterocycles. The molecule has 0 radical (unpaired) electrons. The normalized spacial score (nSPS) is 10.1. The van der Waals surface area contributed by atoms with Gasteiger partial charge in [0.2, 0.25) is 0 Å². The SMILES string of the molecule is Nc1ccc(-c2cc(O)cc(=O)o2)cc1. The van der Waals surface area contributed by atoms with E-state index in [2.05, 4.69) is 0 Å². The molecule has 15 heavy (non-hydrogen) atoms. The van der Waals surface area contributed by atoms with Crippen molar-refractivity contribution in [1.82, 2.24) is 0 Å². The smallest absolute Gasteiger partial charge is 0.339 e. The fourth-order valence-electron chi connectivity index (χ4n) is 1.25. The van der Waals surface area contributed by atoms with Gasteiger partial charge in [-0.1, -0.05) is 0 Å². The molecule has 0 saturated carbocycles. The van der Waals surface area contributed by atoms with Crippen LogP contribution >= 0.6 is 0 Å². The highest BCUT2D eigenvalue weighted by atomic mass is 16.4. The summed E-state index contributed by atoms with van der Waals surface area (Å²) in [6, 6.07) is 9.21. The number of nitrogen functional groups attached to an aromatic ring is 1. The molecule has 3 N–H and O–H groups in total. The molecule has 1 aromatic carbocycles. The Morgan fingerprint density at radius 2 is 1.80 bits per heavy atom. The summed E-state index contributed by atoms with van der Waals surface area (Å²) in [6.45, 7) is 0. The predicted molar refractivity (Wildman–Crippen MR) is 56.5 cm³/mol. The quantitative estimate of drug-likeness (QED) is 0.690. The predicted octanol–water partition coefficient (Wildman–Crippen LogP) is 1.59. The van der Waals surface area contributed by atoms with Gasteiger partial charge >= 0.3 is 5.63 Å². The molecular formula is C11H9NO3. The molecular weight excluding hydrogens is 194 g/mol. The highest BCUT2D eigenvalue weighted by Crippen LogP contribution is 2.21.